The molecule has 0 radical (unpaired) electrons. The number of primary amides is 1. The largest absolute Gasteiger partial charge is 0.369 e. The highest BCUT2D eigenvalue weighted by Gasteiger charge is 2.23. The van der Waals surface area contributed by atoms with Gasteiger partial charge in [0, 0.05) is 30.1 Å². The Balaban J connectivity index is 0.00000196. The lowest BCUT2D eigenvalue weighted by atomic mass is 9.96. The second kappa shape index (κ2) is 11.3. The number of hydrogen-bond donors (Lipinski definition) is 3. The second-order valence-corrected chi connectivity index (χ2v) is 7.38. The molecule has 0 unspecified atom stereocenters. The van der Waals surface area contributed by atoms with Crippen molar-refractivity contribution in [3.05, 3.63) is 45.9 Å². The zero-order chi connectivity index (χ0) is 18.5. The van der Waals surface area contributed by atoms with Crippen LogP contribution in [0.2, 0.25) is 0 Å². The molecule has 0 bridgehead atoms. The van der Waals surface area contributed by atoms with E-state index in [0.717, 1.165) is 48.7 Å². The van der Waals surface area contributed by atoms with E-state index in [1.165, 1.54) is 11.3 Å². The van der Waals surface area contributed by atoms with Gasteiger partial charge in [0.25, 0.3) is 5.91 Å². The van der Waals surface area contributed by atoms with E-state index in [-0.39, 0.29) is 42.5 Å². The lowest BCUT2D eigenvalue weighted by molar-refractivity contribution is -0.123. The number of nitrogens with one attached hydrogen (secondary N) is 1. The molecule has 7 nitrogen and oxygen atoms in total. The molecule has 2 aromatic rings. The van der Waals surface area contributed by atoms with Gasteiger partial charge in [0.15, 0.2) is 0 Å². The highest BCUT2D eigenvalue weighted by atomic mass is 35.5. The summed E-state index contributed by atoms with van der Waals surface area (Å²) >= 11 is 1.38. The van der Waals surface area contributed by atoms with Crippen molar-refractivity contribution in [2.75, 3.05) is 18.4 Å². The van der Waals surface area contributed by atoms with Crippen LogP contribution >= 0.6 is 36.2 Å². The van der Waals surface area contributed by atoms with Crippen LogP contribution in [0.15, 0.2) is 29.6 Å². The maximum atomic E-state index is 12.3. The zero-order valence-corrected chi connectivity index (χ0v) is 17.7. The third kappa shape index (κ3) is 6.42. The monoisotopic (exact) mass is 445 g/mol. The summed E-state index contributed by atoms with van der Waals surface area (Å²) in [5.41, 5.74) is 13.2. The van der Waals surface area contributed by atoms with Gasteiger partial charge < -0.3 is 16.8 Å². The van der Waals surface area contributed by atoms with Crippen molar-refractivity contribution in [2.45, 2.75) is 25.9 Å². The van der Waals surface area contributed by atoms with Crippen molar-refractivity contribution in [1.82, 2.24) is 9.88 Å². The summed E-state index contributed by atoms with van der Waals surface area (Å²) in [6.07, 6.45) is 1.61. The van der Waals surface area contributed by atoms with Crippen LogP contribution in [0.1, 0.15) is 33.9 Å². The average molecular weight is 446 g/mol. The van der Waals surface area contributed by atoms with E-state index in [9.17, 15) is 9.59 Å². The van der Waals surface area contributed by atoms with Crippen LogP contribution in [0.25, 0.3) is 0 Å². The Hall–Kier alpha value is -1.71. The molecule has 1 fully saturated rings. The summed E-state index contributed by atoms with van der Waals surface area (Å²) in [7, 11) is 0. The number of amides is 2. The standard InChI is InChI=1S/C18H23N5O2S.2ClH/c19-9-16-22-15(11-26-16)18(25)21-14-3-1-2-12(8-14)10-23-6-4-13(5-7-23)17(20)24;;/h1-3,8,11,13H,4-7,9-10,19H2,(H2,20,24)(H,21,25);2*1H. The van der Waals surface area contributed by atoms with E-state index in [1.807, 2.05) is 24.3 Å². The van der Waals surface area contributed by atoms with E-state index >= 15 is 0 Å². The number of nitrogens with zero attached hydrogens (tertiary/aromatic N) is 2. The van der Waals surface area contributed by atoms with Crippen LogP contribution in [0.4, 0.5) is 5.69 Å². The first kappa shape index (κ1) is 24.3. The number of nitrogens with two attached hydrogens (primary N) is 2. The SMILES string of the molecule is Cl.Cl.NCc1nc(C(=O)Nc2cccc(CN3CCC(C(N)=O)CC3)c2)cs1. The number of piperidine rings is 1. The molecule has 1 aromatic heterocycles. The second-order valence-electron chi connectivity index (χ2n) is 6.44. The van der Waals surface area contributed by atoms with Crippen molar-refractivity contribution in [2.24, 2.45) is 17.4 Å². The van der Waals surface area contributed by atoms with Crippen LogP contribution in [0.5, 0.6) is 0 Å². The van der Waals surface area contributed by atoms with E-state index in [1.54, 1.807) is 5.38 Å². The minimum Gasteiger partial charge on any atom is -0.369 e. The molecule has 10 heteroatoms. The van der Waals surface area contributed by atoms with Crippen LogP contribution in [0.3, 0.4) is 0 Å². The first-order chi connectivity index (χ1) is 12.5. The van der Waals surface area contributed by atoms with Crippen LogP contribution in [0, 0.1) is 5.92 Å². The number of carbonyl (C=O) groups is 2. The molecule has 3 rings (SSSR count). The van der Waals surface area contributed by atoms with Gasteiger partial charge in [-0.25, -0.2) is 4.98 Å². The highest BCUT2D eigenvalue weighted by molar-refractivity contribution is 7.09. The molecule has 0 saturated carbocycles. The maximum absolute atomic E-state index is 12.3. The molecule has 0 atom stereocenters. The Kier molecular flexibility index (Phi) is 9.84. The molecule has 1 aliphatic rings. The smallest absolute Gasteiger partial charge is 0.275 e. The van der Waals surface area contributed by atoms with Crippen molar-refractivity contribution < 1.29 is 9.59 Å². The normalized spacial score (nSPS) is 14.6. The molecular weight excluding hydrogens is 421 g/mol. The molecular formula is C18H25Cl2N5O2S. The molecule has 1 aromatic carbocycles. The van der Waals surface area contributed by atoms with Gasteiger partial charge in [-0.05, 0) is 43.6 Å². The fourth-order valence-electron chi connectivity index (χ4n) is 3.09. The number of likely N-dealkylation sites (tertiary alicyclic amines) is 1. The minimum absolute atomic E-state index is 0. The van der Waals surface area contributed by atoms with E-state index in [4.69, 9.17) is 11.5 Å². The van der Waals surface area contributed by atoms with Crippen molar-refractivity contribution in [3.63, 3.8) is 0 Å². The molecule has 1 aliphatic heterocycles. The summed E-state index contributed by atoms with van der Waals surface area (Å²) in [6.45, 7) is 2.82. The zero-order valence-electron chi connectivity index (χ0n) is 15.3. The minimum atomic E-state index is -0.236. The predicted octanol–water partition coefficient (Wildman–Crippen LogP) is 2.40. The summed E-state index contributed by atoms with van der Waals surface area (Å²) in [5.74, 6) is -0.442. The summed E-state index contributed by atoms with van der Waals surface area (Å²) < 4.78 is 0. The van der Waals surface area contributed by atoms with Gasteiger partial charge in [0.2, 0.25) is 5.91 Å². The van der Waals surface area contributed by atoms with Gasteiger partial charge in [-0.3, -0.25) is 14.5 Å². The van der Waals surface area contributed by atoms with Gasteiger partial charge in [-0.1, -0.05) is 12.1 Å². The number of hydrogen-bond acceptors (Lipinski definition) is 6. The molecule has 2 amide bonds. The lowest BCUT2D eigenvalue weighted by Crippen LogP contribution is -2.38. The van der Waals surface area contributed by atoms with Gasteiger partial charge in [0.05, 0.1) is 0 Å². The Morgan fingerprint density at radius 2 is 1.96 bits per heavy atom. The van der Waals surface area contributed by atoms with Gasteiger partial charge in [-0.15, -0.1) is 36.2 Å². The highest BCUT2D eigenvalue weighted by Crippen LogP contribution is 2.20. The van der Waals surface area contributed by atoms with Crippen molar-refractivity contribution in [3.8, 4) is 0 Å². The van der Waals surface area contributed by atoms with Gasteiger partial charge in [-0.2, -0.15) is 0 Å². The van der Waals surface area contributed by atoms with E-state index < -0.39 is 0 Å². The molecule has 28 heavy (non-hydrogen) atoms. The number of benzene rings is 1. The maximum Gasteiger partial charge on any atom is 0.275 e. The summed E-state index contributed by atoms with van der Waals surface area (Å²) in [6, 6.07) is 7.78. The number of halogens is 2. The number of thiazole rings is 1. The molecule has 154 valence electrons. The van der Waals surface area contributed by atoms with Gasteiger partial charge >= 0.3 is 0 Å². The van der Waals surface area contributed by atoms with Crippen molar-refractivity contribution >= 4 is 53.7 Å². The summed E-state index contributed by atoms with van der Waals surface area (Å²) in [5, 5.41) is 5.33. The molecule has 2 heterocycles. The lowest BCUT2D eigenvalue weighted by Gasteiger charge is -2.30. The van der Waals surface area contributed by atoms with Crippen LogP contribution in [-0.4, -0.2) is 34.8 Å². The number of rotatable bonds is 6. The molecule has 5 N–H and O–H groups in total. The third-order valence-electron chi connectivity index (χ3n) is 4.54. The topological polar surface area (TPSA) is 114 Å². The Morgan fingerprint density at radius 3 is 2.57 bits per heavy atom. The number of aromatic nitrogens is 1. The summed E-state index contributed by atoms with van der Waals surface area (Å²) in [4.78, 5) is 30.0. The van der Waals surface area contributed by atoms with Crippen LogP contribution < -0.4 is 16.8 Å². The fraction of sp³-hybridized carbons (Fsp3) is 0.389. The molecule has 0 aliphatic carbocycles. The Morgan fingerprint density at radius 1 is 1.25 bits per heavy atom. The van der Waals surface area contributed by atoms with Crippen molar-refractivity contribution in [1.29, 1.82) is 0 Å². The quantitative estimate of drug-likeness (QED) is 0.631. The van der Waals surface area contributed by atoms with Gasteiger partial charge in [0.1, 0.15) is 10.7 Å². The number of carbonyl (C=O) groups excluding carboxylic acids is 2. The Labute approximate surface area is 180 Å². The molecule has 1 saturated heterocycles. The first-order valence-corrected chi connectivity index (χ1v) is 9.49. The van der Waals surface area contributed by atoms with E-state index in [0.29, 0.717) is 12.2 Å². The first-order valence-electron chi connectivity index (χ1n) is 8.61. The van der Waals surface area contributed by atoms with Crippen LogP contribution in [-0.2, 0) is 17.9 Å². The molecule has 0 spiro atoms. The Bertz CT molecular complexity index is 794. The predicted molar refractivity (Wildman–Crippen MR) is 116 cm³/mol. The van der Waals surface area contributed by atoms with E-state index in [2.05, 4.69) is 15.2 Å². The third-order valence-corrected chi connectivity index (χ3v) is 5.41. The number of anilines is 1. The average Bonchev–Trinajstić information content (AvgIpc) is 3.12. The fourth-order valence-corrected chi connectivity index (χ4v) is 3.74.